The Hall–Kier alpha value is -4.31. The van der Waals surface area contributed by atoms with Crippen molar-refractivity contribution in [3.05, 3.63) is 71.2 Å². The lowest BCUT2D eigenvalue weighted by molar-refractivity contribution is 0.0197. The minimum Gasteiger partial charge on any atom is -0.464 e. The van der Waals surface area contributed by atoms with Gasteiger partial charge in [-0.3, -0.25) is 4.79 Å². The van der Waals surface area contributed by atoms with Crippen LogP contribution in [0.15, 0.2) is 42.7 Å². The largest absolute Gasteiger partial charge is 0.464 e. The monoisotopic (exact) mass is 957 g/mol. The second-order valence-electron chi connectivity index (χ2n) is 21.5. The number of carbonyl (C=O) groups excluding carboxylic acids is 1. The van der Waals surface area contributed by atoms with Gasteiger partial charge in [-0.15, -0.1) is 0 Å². The summed E-state index contributed by atoms with van der Waals surface area (Å²) < 4.78 is 44.1. The average Bonchev–Trinajstić information content (AvgIpc) is 3.94. The maximum atomic E-state index is 15.8. The number of piperazine rings is 1. The lowest BCUT2D eigenvalue weighted by Gasteiger charge is -2.32. The van der Waals surface area contributed by atoms with Gasteiger partial charge in [-0.1, -0.05) is 71.9 Å². The number of imidazole rings is 1. The molecule has 5 heterocycles. The van der Waals surface area contributed by atoms with Gasteiger partial charge in [0.25, 0.3) is 5.91 Å². The molecule has 0 atom stereocenters. The van der Waals surface area contributed by atoms with Crippen LogP contribution in [-0.2, 0) is 47.2 Å². The molecule has 1 saturated heterocycles. The molecule has 2 aliphatic heterocycles. The quantitative estimate of drug-likeness (QED) is 0.0397. The standard InChI is InChI=1S/C48H72FN9O5Si3/c1-12-35-26-44(63-34-62-21-24-66(9,10)11)39(49)27-38(35)36-13-14-37-42(25-36)58(33-61-20-23-65(6,7)8)53-46(37)47-52-41-30-56(31-43(41)57(47)32-60-19-22-64(3,4)5)48(59)40-28-51-45(29-50-40)55-17-15-54(2)16-18-55/h13-14,25-29H,12,15-24,30-34H2,1-11H3. The normalized spacial score (nSPS) is 15.0. The number of carbonyl (C=O) groups is 1. The molecule has 0 aliphatic carbocycles. The fraction of sp³-hybridized carbons (Fsp3) is 0.562. The number of benzene rings is 2. The van der Waals surface area contributed by atoms with E-state index in [0.29, 0.717) is 56.5 Å². The zero-order chi connectivity index (χ0) is 47.4. The molecule has 14 nitrogen and oxygen atoms in total. The van der Waals surface area contributed by atoms with Crippen LogP contribution in [0.4, 0.5) is 10.2 Å². The number of amides is 1. The third-order valence-electron chi connectivity index (χ3n) is 12.3. The third-order valence-corrected chi connectivity index (χ3v) is 17.5. The Morgan fingerprint density at radius 1 is 0.788 bits per heavy atom. The molecule has 358 valence electrons. The lowest BCUT2D eigenvalue weighted by atomic mass is 9.96. The van der Waals surface area contributed by atoms with Gasteiger partial charge in [-0.25, -0.2) is 24.0 Å². The van der Waals surface area contributed by atoms with Crippen molar-refractivity contribution in [2.45, 2.75) is 117 Å². The molecular weight excluding hydrogens is 886 g/mol. The number of aromatic nitrogens is 6. The zero-order valence-corrected chi connectivity index (χ0v) is 44.3. The summed E-state index contributed by atoms with van der Waals surface area (Å²) >= 11 is 0. The summed E-state index contributed by atoms with van der Waals surface area (Å²) in [6.45, 7) is 29.7. The molecule has 66 heavy (non-hydrogen) atoms. The molecule has 0 N–H and O–H groups in total. The number of hydrogen-bond donors (Lipinski definition) is 0. The highest BCUT2D eigenvalue weighted by atomic mass is 28.3. The summed E-state index contributed by atoms with van der Waals surface area (Å²) in [4.78, 5) is 34.7. The van der Waals surface area contributed by atoms with Gasteiger partial charge in [0, 0.05) is 75.6 Å². The number of aryl methyl sites for hydroxylation is 1. The second kappa shape index (κ2) is 20.9. The Morgan fingerprint density at radius 3 is 2.09 bits per heavy atom. The molecule has 0 radical (unpaired) electrons. The first-order valence-corrected chi connectivity index (χ1v) is 34.7. The zero-order valence-electron chi connectivity index (χ0n) is 41.3. The minimum absolute atomic E-state index is 0.00624. The van der Waals surface area contributed by atoms with Crippen LogP contribution in [0.2, 0.25) is 77.1 Å². The van der Waals surface area contributed by atoms with Crippen LogP contribution in [-0.4, -0.2) is 129 Å². The number of fused-ring (bicyclic) bond motifs is 2. The van der Waals surface area contributed by atoms with E-state index >= 15 is 4.39 Å². The van der Waals surface area contributed by atoms with Crippen molar-refractivity contribution in [2.75, 3.05) is 64.7 Å². The molecule has 18 heteroatoms. The molecule has 5 aromatic rings. The molecule has 0 saturated carbocycles. The molecule has 0 spiro atoms. The number of nitrogens with zero attached hydrogens (tertiary/aromatic N) is 9. The van der Waals surface area contributed by atoms with Gasteiger partial charge in [-0.2, -0.15) is 5.10 Å². The molecule has 3 aromatic heterocycles. The Bertz CT molecular complexity index is 2450. The van der Waals surface area contributed by atoms with Gasteiger partial charge in [0.05, 0.1) is 42.4 Å². The summed E-state index contributed by atoms with van der Waals surface area (Å²) in [5, 5.41) is 6.11. The number of anilines is 1. The van der Waals surface area contributed by atoms with Crippen LogP contribution in [0.1, 0.15) is 34.4 Å². The Morgan fingerprint density at radius 2 is 1.45 bits per heavy atom. The van der Waals surface area contributed by atoms with Gasteiger partial charge in [0.1, 0.15) is 30.7 Å². The highest BCUT2D eigenvalue weighted by Crippen LogP contribution is 2.37. The van der Waals surface area contributed by atoms with Gasteiger partial charge in [0.2, 0.25) is 0 Å². The number of hydrogen-bond acceptors (Lipinski definition) is 11. The van der Waals surface area contributed by atoms with E-state index in [1.807, 2.05) is 10.7 Å². The first-order chi connectivity index (χ1) is 31.3. The molecule has 0 unspecified atom stereocenters. The van der Waals surface area contributed by atoms with Crippen LogP contribution < -0.4 is 9.64 Å². The summed E-state index contributed by atoms with van der Waals surface area (Å²) in [5.74, 6) is 1.01. The first-order valence-electron chi connectivity index (χ1n) is 23.6. The first kappa shape index (κ1) is 49.6. The van der Waals surface area contributed by atoms with Crippen molar-refractivity contribution in [1.29, 1.82) is 0 Å². The Balaban J connectivity index is 1.19. The molecule has 7 rings (SSSR count). The second-order valence-corrected chi connectivity index (χ2v) is 38.4. The van der Waals surface area contributed by atoms with E-state index in [2.05, 4.69) is 109 Å². The van der Waals surface area contributed by atoms with E-state index in [9.17, 15) is 4.79 Å². The highest BCUT2D eigenvalue weighted by Gasteiger charge is 2.33. The molecule has 2 aromatic carbocycles. The van der Waals surface area contributed by atoms with Crippen LogP contribution in [0.3, 0.4) is 0 Å². The van der Waals surface area contributed by atoms with Crippen molar-refractivity contribution in [1.82, 2.24) is 39.1 Å². The molecule has 1 amide bonds. The maximum Gasteiger partial charge on any atom is 0.274 e. The van der Waals surface area contributed by atoms with E-state index in [4.69, 9.17) is 29.0 Å². The molecular formula is C48H72FN9O5Si3. The highest BCUT2D eigenvalue weighted by molar-refractivity contribution is 6.76. The maximum absolute atomic E-state index is 15.8. The number of rotatable bonds is 21. The van der Waals surface area contributed by atoms with Gasteiger partial charge in [0.15, 0.2) is 24.2 Å². The van der Waals surface area contributed by atoms with Crippen molar-refractivity contribution < 1.29 is 28.1 Å². The van der Waals surface area contributed by atoms with Crippen molar-refractivity contribution in [3.63, 3.8) is 0 Å². The van der Waals surface area contributed by atoms with Crippen LogP contribution in [0, 0.1) is 5.82 Å². The third kappa shape index (κ3) is 12.6. The van der Waals surface area contributed by atoms with E-state index in [1.54, 1.807) is 29.4 Å². The molecule has 1 fully saturated rings. The van der Waals surface area contributed by atoms with Crippen LogP contribution in [0.25, 0.3) is 33.5 Å². The van der Waals surface area contributed by atoms with Gasteiger partial charge in [-0.05, 0) is 72.6 Å². The topological polar surface area (TPSA) is 125 Å². The summed E-state index contributed by atoms with van der Waals surface area (Å²) in [6.07, 6.45) is 3.98. The summed E-state index contributed by atoms with van der Waals surface area (Å²) in [7, 11) is -1.84. The molecule has 2 aliphatic rings. The van der Waals surface area contributed by atoms with E-state index in [0.717, 1.165) is 89.1 Å². The SMILES string of the molecule is CCc1cc(OCOCC[Si](C)(C)C)c(F)cc1-c1ccc2c(-c3nc4c(n3COCC[Si](C)(C)C)CN(C(=O)c3cnc(N5CCN(C)CC5)cn3)C4)nn(COCC[Si](C)(C)C)c2c1. The lowest BCUT2D eigenvalue weighted by Crippen LogP contribution is -2.44. The fourth-order valence-electron chi connectivity index (χ4n) is 7.99. The van der Waals surface area contributed by atoms with Crippen LogP contribution >= 0.6 is 0 Å². The Kier molecular flexibility index (Phi) is 15.7. The van der Waals surface area contributed by atoms with Crippen LogP contribution in [0.5, 0.6) is 5.75 Å². The smallest absolute Gasteiger partial charge is 0.274 e. The molecule has 0 bridgehead atoms. The van der Waals surface area contributed by atoms with E-state index in [1.165, 1.54) is 0 Å². The summed E-state index contributed by atoms with van der Waals surface area (Å²) in [5.41, 5.74) is 6.16. The number of ether oxygens (including phenoxy) is 4. The van der Waals surface area contributed by atoms with E-state index < -0.39 is 30.0 Å². The van der Waals surface area contributed by atoms with Crippen molar-refractivity contribution in [3.8, 4) is 28.4 Å². The van der Waals surface area contributed by atoms with Crippen molar-refractivity contribution in [2.24, 2.45) is 0 Å². The predicted octanol–water partition coefficient (Wildman–Crippen LogP) is 9.28. The predicted molar refractivity (Wildman–Crippen MR) is 269 cm³/mol. The number of likely N-dealkylation sites (N-methyl/N-ethyl adjacent to an activating group) is 1. The van der Waals surface area contributed by atoms with Crippen molar-refractivity contribution >= 4 is 46.8 Å². The Labute approximate surface area is 393 Å². The fourth-order valence-corrected chi connectivity index (χ4v) is 10.3. The van der Waals surface area contributed by atoms with E-state index in [-0.39, 0.29) is 31.9 Å². The van der Waals surface area contributed by atoms with Gasteiger partial charge >= 0.3 is 0 Å². The average molecular weight is 958 g/mol. The minimum atomic E-state index is -1.37. The summed E-state index contributed by atoms with van der Waals surface area (Å²) in [6, 6.07) is 12.6. The number of halogens is 1. The van der Waals surface area contributed by atoms with Gasteiger partial charge < -0.3 is 38.2 Å².